The third-order valence-electron chi connectivity index (χ3n) is 3.20. The fraction of sp³-hybridized carbons (Fsp3) is 0.214. The lowest BCUT2D eigenvalue weighted by Crippen LogP contribution is -2.05. The van der Waals surface area contributed by atoms with Gasteiger partial charge < -0.3 is 4.57 Å². The third kappa shape index (κ3) is 1.25. The van der Waals surface area contributed by atoms with Gasteiger partial charge in [-0.05, 0) is 24.5 Å². The minimum Gasteiger partial charge on any atom is -0.347 e. The van der Waals surface area contributed by atoms with E-state index < -0.39 is 0 Å². The van der Waals surface area contributed by atoms with Crippen molar-refractivity contribution in [1.29, 1.82) is 5.26 Å². The minimum atomic E-state index is 1.09. The van der Waals surface area contributed by atoms with Gasteiger partial charge in [-0.3, -0.25) is 0 Å². The van der Waals surface area contributed by atoms with Crippen LogP contribution in [0.15, 0.2) is 30.5 Å². The topological polar surface area (TPSA) is 28.7 Å². The Labute approximate surface area is 94.4 Å². The number of benzene rings is 1. The van der Waals surface area contributed by atoms with Gasteiger partial charge in [0.1, 0.15) is 0 Å². The standard InChI is InChI=1S/C14H12N2/c15-8-2-5-12-10-16-9-3-6-11-4-1-7-13(12)14(11)16/h1-2,4-5,7,10H,3,6,9H2/b5-2+. The van der Waals surface area contributed by atoms with Crippen molar-refractivity contribution < 1.29 is 0 Å². The molecule has 0 fully saturated rings. The molecule has 1 aromatic carbocycles. The average Bonchev–Trinajstić information content (AvgIpc) is 2.68. The molecule has 1 aliphatic rings. The lowest BCUT2D eigenvalue weighted by atomic mass is 10.0. The highest BCUT2D eigenvalue weighted by molar-refractivity contribution is 5.92. The first kappa shape index (κ1) is 9.23. The molecule has 1 aromatic heterocycles. The highest BCUT2D eigenvalue weighted by atomic mass is 15.0. The third-order valence-corrected chi connectivity index (χ3v) is 3.20. The second-order valence-corrected chi connectivity index (χ2v) is 4.16. The highest BCUT2D eigenvalue weighted by Crippen LogP contribution is 2.29. The molecule has 2 nitrogen and oxygen atoms in total. The van der Waals surface area contributed by atoms with E-state index >= 15 is 0 Å². The molecule has 78 valence electrons. The average molecular weight is 208 g/mol. The Morgan fingerprint density at radius 2 is 2.31 bits per heavy atom. The number of rotatable bonds is 1. The van der Waals surface area contributed by atoms with Gasteiger partial charge in [-0.15, -0.1) is 0 Å². The summed E-state index contributed by atoms with van der Waals surface area (Å²) in [5.41, 5.74) is 3.94. The number of para-hydroxylation sites is 1. The molecule has 0 unspecified atom stereocenters. The predicted octanol–water partition coefficient (Wildman–Crippen LogP) is 3.12. The number of nitrogens with zero attached hydrogens (tertiary/aromatic N) is 2. The molecule has 2 aromatic rings. The Balaban J connectivity index is 2.30. The van der Waals surface area contributed by atoms with Gasteiger partial charge in [0.25, 0.3) is 0 Å². The predicted molar refractivity (Wildman–Crippen MR) is 64.9 cm³/mol. The minimum absolute atomic E-state index is 1.09. The molecular weight excluding hydrogens is 196 g/mol. The fourth-order valence-corrected chi connectivity index (χ4v) is 2.54. The Hall–Kier alpha value is -2.01. The van der Waals surface area contributed by atoms with E-state index in [-0.39, 0.29) is 0 Å². The van der Waals surface area contributed by atoms with Crippen LogP contribution in [0, 0.1) is 11.3 Å². The van der Waals surface area contributed by atoms with Crippen LogP contribution in [0.5, 0.6) is 0 Å². The largest absolute Gasteiger partial charge is 0.347 e. The van der Waals surface area contributed by atoms with Crippen molar-refractivity contribution in [2.75, 3.05) is 0 Å². The molecule has 0 amide bonds. The van der Waals surface area contributed by atoms with Crippen molar-refractivity contribution in [3.05, 3.63) is 41.6 Å². The van der Waals surface area contributed by atoms with Crippen molar-refractivity contribution in [1.82, 2.24) is 4.57 Å². The summed E-state index contributed by atoms with van der Waals surface area (Å²) >= 11 is 0. The first-order valence-corrected chi connectivity index (χ1v) is 5.57. The van der Waals surface area contributed by atoms with Crippen LogP contribution in [0.4, 0.5) is 0 Å². The number of hydrogen-bond acceptors (Lipinski definition) is 1. The van der Waals surface area contributed by atoms with Crippen molar-refractivity contribution in [3.63, 3.8) is 0 Å². The zero-order valence-corrected chi connectivity index (χ0v) is 8.98. The number of nitriles is 1. The van der Waals surface area contributed by atoms with Crippen molar-refractivity contribution in [2.45, 2.75) is 19.4 Å². The second-order valence-electron chi connectivity index (χ2n) is 4.16. The molecular formula is C14H12N2. The number of allylic oxidation sites excluding steroid dienone is 1. The molecule has 0 N–H and O–H groups in total. The normalized spacial score (nSPS) is 14.4. The van der Waals surface area contributed by atoms with E-state index in [1.807, 2.05) is 12.1 Å². The zero-order valence-electron chi connectivity index (χ0n) is 8.98. The van der Waals surface area contributed by atoms with E-state index in [4.69, 9.17) is 5.26 Å². The molecule has 0 atom stereocenters. The van der Waals surface area contributed by atoms with E-state index in [2.05, 4.69) is 29.0 Å². The molecule has 3 rings (SSSR count). The van der Waals surface area contributed by atoms with Gasteiger partial charge in [0, 0.05) is 29.8 Å². The summed E-state index contributed by atoms with van der Waals surface area (Å²) in [6.07, 6.45) is 7.98. The second kappa shape index (κ2) is 3.53. The van der Waals surface area contributed by atoms with Crippen LogP contribution >= 0.6 is 0 Å². The quantitative estimate of drug-likeness (QED) is 0.662. The SMILES string of the molecule is N#C/C=C/c1cn2c3c(cccc13)CCC2. The molecule has 2 heteroatoms. The van der Waals surface area contributed by atoms with E-state index in [0.29, 0.717) is 0 Å². The van der Waals surface area contributed by atoms with Gasteiger partial charge in [-0.2, -0.15) is 5.26 Å². The molecule has 1 aliphatic heterocycles. The van der Waals surface area contributed by atoms with Gasteiger partial charge in [0.2, 0.25) is 0 Å². The molecule has 2 heterocycles. The summed E-state index contributed by atoms with van der Waals surface area (Å²) in [6, 6.07) is 8.50. The van der Waals surface area contributed by atoms with E-state index in [1.54, 1.807) is 6.08 Å². The summed E-state index contributed by atoms with van der Waals surface area (Å²) in [4.78, 5) is 0. The maximum Gasteiger partial charge on any atom is 0.0912 e. The first-order chi connectivity index (χ1) is 7.90. The molecule has 0 spiro atoms. The van der Waals surface area contributed by atoms with Crippen LogP contribution in [0.2, 0.25) is 0 Å². The Bertz CT molecular complexity index is 611. The maximum atomic E-state index is 8.59. The van der Waals surface area contributed by atoms with Crippen LogP contribution in [0.25, 0.3) is 17.0 Å². The summed E-state index contributed by atoms with van der Waals surface area (Å²) in [6.45, 7) is 1.09. The number of aromatic nitrogens is 1. The number of hydrogen-bond donors (Lipinski definition) is 0. The molecule has 16 heavy (non-hydrogen) atoms. The Morgan fingerprint density at radius 1 is 1.38 bits per heavy atom. The summed E-state index contributed by atoms with van der Waals surface area (Å²) < 4.78 is 2.31. The Morgan fingerprint density at radius 3 is 3.19 bits per heavy atom. The molecule has 0 bridgehead atoms. The lowest BCUT2D eigenvalue weighted by Gasteiger charge is -2.14. The fourth-order valence-electron chi connectivity index (χ4n) is 2.54. The van der Waals surface area contributed by atoms with Gasteiger partial charge >= 0.3 is 0 Å². The van der Waals surface area contributed by atoms with Gasteiger partial charge in [-0.1, -0.05) is 18.2 Å². The van der Waals surface area contributed by atoms with E-state index in [0.717, 1.165) is 12.1 Å². The summed E-state index contributed by atoms with van der Waals surface area (Å²) in [5, 5.41) is 9.85. The van der Waals surface area contributed by atoms with E-state index in [9.17, 15) is 0 Å². The van der Waals surface area contributed by atoms with Gasteiger partial charge in [-0.25, -0.2) is 0 Å². The summed E-state index contributed by atoms with van der Waals surface area (Å²) in [7, 11) is 0. The van der Waals surface area contributed by atoms with Crippen LogP contribution in [-0.4, -0.2) is 4.57 Å². The number of aryl methyl sites for hydroxylation is 2. The first-order valence-electron chi connectivity index (χ1n) is 5.57. The van der Waals surface area contributed by atoms with Crippen molar-refractivity contribution in [2.24, 2.45) is 0 Å². The van der Waals surface area contributed by atoms with Gasteiger partial charge in [0.15, 0.2) is 0 Å². The van der Waals surface area contributed by atoms with Crippen LogP contribution < -0.4 is 0 Å². The van der Waals surface area contributed by atoms with Crippen LogP contribution in [0.3, 0.4) is 0 Å². The highest BCUT2D eigenvalue weighted by Gasteiger charge is 2.14. The van der Waals surface area contributed by atoms with Crippen LogP contribution in [-0.2, 0) is 13.0 Å². The molecule has 0 radical (unpaired) electrons. The zero-order chi connectivity index (χ0) is 11.0. The van der Waals surface area contributed by atoms with Crippen molar-refractivity contribution in [3.8, 4) is 6.07 Å². The summed E-state index contributed by atoms with van der Waals surface area (Å²) in [5.74, 6) is 0. The lowest BCUT2D eigenvalue weighted by molar-refractivity contribution is 0.636. The monoisotopic (exact) mass is 208 g/mol. The molecule has 0 saturated heterocycles. The maximum absolute atomic E-state index is 8.59. The Kier molecular flexibility index (Phi) is 2.04. The van der Waals surface area contributed by atoms with Gasteiger partial charge in [0.05, 0.1) is 11.6 Å². The molecule has 0 aliphatic carbocycles. The van der Waals surface area contributed by atoms with Crippen LogP contribution in [0.1, 0.15) is 17.5 Å². The van der Waals surface area contributed by atoms with E-state index in [1.165, 1.54) is 29.3 Å². The molecule has 0 saturated carbocycles. The smallest absolute Gasteiger partial charge is 0.0912 e. The van der Waals surface area contributed by atoms with Crippen molar-refractivity contribution >= 4 is 17.0 Å².